The maximum absolute atomic E-state index is 12.2. The highest BCUT2D eigenvalue weighted by atomic mass is 16.6. The number of nitro groups is 1. The zero-order valence-electron chi connectivity index (χ0n) is 15.6. The van der Waals surface area contributed by atoms with E-state index in [1.807, 2.05) is 32.0 Å². The molecule has 0 aromatic heterocycles. The zero-order chi connectivity index (χ0) is 19.6. The van der Waals surface area contributed by atoms with Crippen LogP contribution in [0, 0.1) is 10.1 Å². The smallest absolute Gasteiger partial charge is 0.293 e. The number of ether oxygens (including phenoxy) is 1. The summed E-state index contributed by atoms with van der Waals surface area (Å²) >= 11 is 0. The number of carbonyl (C=O) groups is 1. The second kappa shape index (κ2) is 7.65. The van der Waals surface area contributed by atoms with Crippen LogP contribution in [0.25, 0.3) is 0 Å². The Kier molecular flexibility index (Phi) is 5.30. The number of anilines is 1. The molecule has 0 bridgehead atoms. The monoisotopic (exact) mass is 369 g/mol. The molecule has 0 heterocycles. The highest BCUT2D eigenvalue weighted by Gasteiger charge is 2.27. The van der Waals surface area contributed by atoms with Gasteiger partial charge in [-0.25, -0.2) is 0 Å². The number of amides is 1. The van der Waals surface area contributed by atoms with Gasteiger partial charge < -0.3 is 15.4 Å². The largest absolute Gasteiger partial charge is 0.496 e. The first-order valence-corrected chi connectivity index (χ1v) is 8.92. The molecule has 3 rings (SSSR count). The molecule has 2 aromatic rings. The standard InChI is InChI=1S/C20H23N3O4/c1-12(2)21-20(24)13-7-9-17(18(11-13)23(25)26)22-16-10-8-15-14(16)5-4-6-19(15)27-3/h4-7,9,11-12,16,22H,8,10H2,1-3H3,(H,21,24). The van der Waals surface area contributed by atoms with E-state index in [4.69, 9.17) is 4.74 Å². The summed E-state index contributed by atoms with van der Waals surface area (Å²) in [5, 5.41) is 17.6. The first-order valence-electron chi connectivity index (χ1n) is 8.92. The van der Waals surface area contributed by atoms with Gasteiger partial charge in [0, 0.05) is 17.7 Å². The van der Waals surface area contributed by atoms with E-state index in [0.29, 0.717) is 5.69 Å². The van der Waals surface area contributed by atoms with Gasteiger partial charge in [-0.1, -0.05) is 12.1 Å². The van der Waals surface area contributed by atoms with Crippen molar-refractivity contribution in [2.24, 2.45) is 0 Å². The molecule has 1 aliphatic carbocycles. The Morgan fingerprint density at radius 1 is 1.30 bits per heavy atom. The summed E-state index contributed by atoms with van der Waals surface area (Å²) in [6.07, 6.45) is 1.67. The van der Waals surface area contributed by atoms with Crippen molar-refractivity contribution in [3.63, 3.8) is 0 Å². The summed E-state index contributed by atoms with van der Waals surface area (Å²) in [5.74, 6) is 0.516. The molecule has 1 unspecified atom stereocenters. The molecular formula is C20H23N3O4. The molecule has 0 saturated carbocycles. The van der Waals surface area contributed by atoms with E-state index < -0.39 is 4.92 Å². The summed E-state index contributed by atoms with van der Waals surface area (Å²) in [6, 6.07) is 10.3. The van der Waals surface area contributed by atoms with Crippen LogP contribution in [0.1, 0.15) is 47.8 Å². The molecule has 0 radical (unpaired) electrons. The van der Waals surface area contributed by atoms with E-state index in [1.165, 1.54) is 6.07 Å². The first-order chi connectivity index (χ1) is 12.9. The fourth-order valence-corrected chi connectivity index (χ4v) is 3.44. The fraction of sp³-hybridized carbons (Fsp3) is 0.350. The summed E-state index contributed by atoms with van der Waals surface area (Å²) in [7, 11) is 1.64. The quantitative estimate of drug-likeness (QED) is 0.596. The van der Waals surface area contributed by atoms with Gasteiger partial charge in [0.2, 0.25) is 0 Å². The maximum atomic E-state index is 12.2. The Morgan fingerprint density at radius 3 is 2.74 bits per heavy atom. The van der Waals surface area contributed by atoms with Gasteiger partial charge in [-0.3, -0.25) is 14.9 Å². The van der Waals surface area contributed by atoms with E-state index in [-0.39, 0.29) is 29.2 Å². The lowest BCUT2D eigenvalue weighted by Gasteiger charge is -2.17. The molecule has 1 amide bonds. The van der Waals surface area contributed by atoms with Crippen molar-refractivity contribution >= 4 is 17.3 Å². The van der Waals surface area contributed by atoms with Gasteiger partial charge >= 0.3 is 0 Å². The lowest BCUT2D eigenvalue weighted by molar-refractivity contribution is -0.384. The number of nitrogens with one attached hydrogen (secondary N) is 2. The number of methoxy groups -OCH3 is 1. The highest BCUT2D eigenvalue weighted by molar-refractivity contribution is 5.95. The summed E-state index contributed by atoms with van der Waals surface area (Å²) in [5.41, 5.74) is 2.79. The minimum absolute atomic E-state index is 0.0378. The van der Waals surface area contributed by atoms with Gasteiger partial charge in [0.15, 0.2) is 0 Å². The minimum Gasteiger partial charge on any atom is -0.496 e. The summed E-state index contributed by atoms with van der Waals surface area (Å²) in [6.45, 7) is 3.68. The van der Waals surface area contributed by atoms with Crippen molar-refractivity contribution in [3.8, 4) is 5.75 Å². The molecule has 1 atom stereocenters. The Morgan fingerprint density at radius 2 is 2.07 bits per heavy atom. The Hall–Kier alpha value is -3.09. The number of rotatable bonds is 6. The second-order valence-corrected chi connectivity index (χ2v) is 6.88. The molecule has 7 heteroatoms. The Bertz CT molecular complexity index is 880. The van der Waals surface area contributed by atoms with Gasteiger partial charge in [-0.2, -0.15) is 0 Å². The molecular weight excluding hydrogens is 346 g/mol. The second-order valence-electron chi connectivity index (χ2n) is 6.88. The molecule has 2 N–H and O–H groups in total. The predicted octanol–water partition coefficient (Wildman–Crippen LogP) is 3.84. The third-order valence-electron chi connectivity index (χ3n) is 4.65. The van der Waals surface area contributed by atoms with E-state index in [1.54, 1.807) is 19.2 Å². The van der Waals surface area contributed by atoms with Gasteiger partial charge in [0.1, 0.15) is 11.4 Å². The van der Waals surface area contributed by atoms with Crippen LogP contribution in [0.4, 0.5) is 11.4 Å². The average molecular weight is 369 g/mol. The summed E-state index contributed by atoms with van der Waals surface area (Å²) in [4.78, 5) is 23.2. The topological polar surface area (TPSA) is 93.5 Å². The molecule has 0 saturated heterocycles. The number of nitrogens with zero attached hydrogens (tertiary/aromatic N) is 1. The van der Waals surface area contributed by atoms with Crippen molar-refractivity contribution < 1.29 is 14.5 Å². The zero-order valence-corrected chi connectivity index (χ0v) is 15.6. The van der Waals surface area contributed by atoms with Crippen molar-refractivity contribution in [2.75, 3.05) is 12.4 Å². The van der Waals surface area contributed by atoms with E-state index >= 15 is 0 Å². The van der Waals surface area contributed by atoms with Gasteiger partial charge in [0.25, 0.3) is 11.6 Å². The van der Waals surface area contributed by atoms with E-state index in [0.717, 1.165) is 29.7 Å². The van der Waals surface area contributed by atoms with E-state index in [2.05, 4.69) is 10.6 Å². The first kappa shape index (κ1) is 18.7. The SMILES string of the molecule is COc1cccc2c1CCC2Nc1ccc(C(=O)NC(C)C)cc1[N+](=O)[O-]. The van der Waals surface area contributed by atoms with Gasteiger partial charge in [-0.05, 0) is 56.0 Å². The third-order valence-corrected chi connectivity index (χ3v) is 4.65. The van der Waals surface area contributed by atoms with Crippen molar-refractivity contribution in [2.45, 2.75) is 38.8 Å². The Balaban J connectivity index is 1.88. The Labute approximate surface area is 157 Å². The van der Waals surface area contributed by atoms with Gasteiger partial charge in [-0.15, -0.1) is 0 Å². The number of hydrogen-bond acceptors (Lipinski definition) is 5. The van der Waals surface area contributed by atoms with Crippen molar-refractivity contribution in [1.29, 1.82) is 0 Å². The maximum Gasteiger partial charge on any atom is 0.293 e. The predicted molar refractivity (Wildman–Crippen MR) is 103 cm³/mol. The van der Waals surface area contributed by atoms with Crippen LogP contribution in [-0.2, 0) is 6.42 Å². The molecule has 0 fully saturated rings. The van der Waals surface area contributed by atoms with Crippen LogP contribution in [-0.4, -0.2) is 24.0 Å². The normalized spacial score (nSPS) is 15.3. The number of benzene rings is 2. The van der Waals surface area contributed by atoms with Crippen LogP contribution < -0.4 is 15.4 Å². The highest BCUT2D eigenvalue weighted by Crippen LogP contribution is 2.40. The lowest BCUT2D eigenvalue weighted by Crippen LogP contribution is -2.30. The van der Waals surface area contributed by atoms with Crippen molar-refractivity contribution in [3.05, 3.63) is 63.2 Å². The van der Waals surface area contributed by atoms with Crippen LogP contribution in [0.5, 0.6) is 5.75 Å². The molecule has 1 aliphatic rings. The number of hydrogen-bond donors (Lipinski definition) is 2. The fourth-order valence-electron chi connectivity index (χ4n) is 3.44. The van der Waals surface area contributed by atoms with Crippen LogP contribution >= 0.6 is 0 Å². The van der Waals surface area contributed by atoms with Crippen LogP contribution in [0.2, 0.25) is 0 Å². The molecule has 0 spiro atoms. The molecule has 0 aliphatic heterocycles. The molecule has 7 nitrogen and oxygen atoms in total. The lowest BCUT2D eigenvalue weighted by atomic mass is 10.1. The van der Waals surface area contributed by atoms with Crippen molar-refractivity contribution in [1.82, 2.24) is 5.32 Å². The number of fused-ring (bicyclic) bond motifs is 1. The minimum atomic E-state index is -0.462. The third kappa shape index (κ3) is 3.86. The average Bonchev–Trinajstić information content (AvgIpc) is 3.04. The van der Waals surface area contributed by atoms with E-state index in [9.17, 15) is 14.9 Å². The molecule has 2 aromatic carbocycles. The summed E-state index contributed by atoms with van der Waals surface area (Å²) < 4.78 is 5.41. The number of carbonyl (C=O) groups excluding carboxylic acids is 1. The van der Waals surface area contributed by atoms with Crippen LogP contribution in [0.15, 0.2) is 36.4 Å². The number of nitro benzene ring substituents is 1. The van der Waals surface area contributed by atoms with Crippen LogP contribution in [0.3, 0.4) is 0 Å². The molecule has 27 heavy (non-hydrogen) atoms. The van der Waals surface area contributed by atoms with Gasteiger partial charge in [0.05, 0.1) is 18.1 Å². The molecule has 142 valence electrons.